The first-order valence-corrected chi connectivity index (χ1v) is 3.39. The fourth-order valence-corrected chi connectivity index (χ4v) is 1.03. The van der Waals surface area contributed by atoms with E-state index in [0.29, 0.717) is 12.8 Å². The Balaban J connectivity index is 1.88. The molecule has 2 heterocycles. The topological polar surface area (TPSA) is 67.9 Å². The fourth-order valence-electron chi connectivity index (χ4n) is 1.03. The molecule has 1 aromatic rings. The van der Waals surface area contributed by atoms with E-state index in [2.05, 4.69) is 15.4 Å². The van der Waals surface area contributed by atoms with Crippen LogP contribution in [0.4, 0.5) is 0 Å². The van der Waals surface area contributed by atoms with E-state index in [9.17, 15) is 4.79 Å². The zero-order chi connectivity index (χ0) is 7.68. The molecule has 0 spiro atoms. The molecule has 58 valence electrons. The number of aromatic amines is 1. The zero-order valence-electron chi connectivity index (χ0n) is 5.78. The van der Waals surface area contributed by atoms with Crippen LogP contribution in [-0.4, -0.2) is 27.5 Å². The summed E-state index contributed by atoms with van der Waals surface area (Å²) in [5, 5.41) is 9.90. The summed E-state index contributed by atoms with van der Waals surface area (Å²) in [5.41, 5.74) is 0.836. The molecule has 0 saturated carbocycles. The Labute approximate surface area is 62.7 Å². The van der Waals surface area contributed by atoms with E-state index in [1.807, 2.05) is 0 Å². The molecule has 0 amide bonds. The molecule has 0 aromatic carbocycles. The van der Waals surface area contributed by atoms with E-state index in [4.69, 9.17) is 4.74 Å². The van der Waals surface area contributed by atoms with Crippen LogP contribution in [-0.2, 0) is 16.0 Å². The lowest BCUT2D eigenvalue weighted by molar-refractivity contribution is -0.169. The molecule has 2 rings (SSSR count). The predicted molar refractivity (Wildman–Crippen MR) is 34.6 cm³/mol. The third kappa shape index (κ3) is 1.21. The Bertz CT molecular complexity index is 249. The molecule has 0 radical (unpaired) electrons. The van der Waals surface area contributed by atoms with Crippen molar-refractivity contribution in [3.63, 3.8) is 0 Å². The Morgan fingerprint density at radius 3 is 3.18 bits per heavy atom. The molecule has 0 bridgehead atoms. The van der Waals surface area contributed by atoms with Crippen molar-refractivity contribution in [3.05, 3.63) is 11.9 Å². The number of nitrogens with zero attached hydrogens (tertiary/aromatic N) is 2. The highest BCUT2D eigenvalue weighted by Crippen LogP contribution is 2.16. The van der Waals surface area contributed by atoms with E-state index in [-0.39, 0.29) is 12.1 Å². The van der Waals surface area contributed by atoms with Crippen LogP contribution in [0.15, 0.2) is 6.20 Å². The maximum absolute atomic E-state index is 10.4. The number of carbonyl (C=O) groups excluding carboxylic acids is 1. The standard InChI is InChI=1S/C6H7N3O2/c10-6-2-5(11-6)1-4-3-7-9-8-4/h3,5H,1-2H2,(H,7,8,9). The van der Waals surface area contributed by atoms with Gasteiger partial charge in [-0.1, -0.05) is 5.21 Å². The summed E-state index contributed by atoms with van der Waals surface area (Å²) in [7, 11) is 0. The van der Waals surface area contributed by atoms with Crippen molar-refractivity contribution >= 4 is 5.97 Å². The second-order valence-corrected chi connectivity index (χ2v) is 2.48. The molecular weight excluding hydrogens is 146 g/mol. The summed E-state index contributed by atoms with van der Waals surface area (Å²) in [6, 6.07) is 0. The van der Waals surface area contributed by atoms with Crippen LogP contribution in [0.1, 0.15) is 12.1 Å². The predicted octanol–water partition coefficient (Wildman–Crippen LogP) is -0.337. The van der Waals surface area contributed by atoms with Crippen molar-refractivity contribution in [2.75, 3.05) is 0 Å². The average molecular weight is 153 g/mol. The van der Waals surface area contributed by atoms with Gasteiger partial charge < -0.3 is 4.74 Å². The first-order chi connectivity index (χ1) is 5.34. The second-order valence-electron chi connectivity index (χ2n) is 2.48. The smallest absolute Gasteiger partial charge is 0.309 e. The van der Waals surface area contributed by atoms with Gasteiger partial charge in [-0.15, -0.1) is 5.10 Å². The summed E-state index contributed by atoms with van der Waals surface area (Å²) in [4.78, 5) is 10.4. The number of ether oxygens (including phenoxy) is 1. The molecule has 1 unspecified atom stereocenters. The van der Waals surface area contributed by atoms with Gasteiger partial charge in [-0.25, -0.2) is 0 Å². The molecule has 11 heavy (non-hydrogen) atoms. The van der Waals surface area contributed by atoms with Crippen LogP contribution in [0.2, 0.25) is 0 Å². The number of hydrogen-bond acceptors (Lipinski definition) is 4. The van der Waals surface area contributed by atoms with Crippen molar-refractivity contribution in [3.8, 4) is 0 Å². The second kappa shape index (κ2) is 2.34. The van der Waals surface area contributed by atoms with Crippen LogP contribution in [0.5, 0.6) is 0 Å². The van der Waals surface area contributed by atoms with Crippen LogP contribution in [0.25, 0.3) is 0 Å². The Morgan fingerprint density at radius 2 is 2.64 bits per heavy atom. The molecule has 1 aliphatic rings. The van der Waals surface area contributed by atoms with Crippen LogP contribution in [0.3, 0.4) is 0 Å². The van der Waals surface area contributed by atoms with Gasteiger partial charge in [0.05, 0.1) is 12.1 Å². The van der Waals surface area contributed by atoms with Gasteiger partial charge in [0.25, 0.3) is 0 Å². The minimum Gasteiger partial charge on any atom is -0.461 e. The average Bonchev–Trinajstić information content (AvgIpc) is 2.36. The molecule has 0 aliphatic carbocycles. The van der Waals surface area contributed by atoms with Gasteiger partial charge in [0.1, 0.15) is 6.10 Å². The lowest BCUT2D eigenvalue weighted by Gasteiger charge is -2.24. The maximum Gasteiger partial charge on any atom is 0.309 e. The highest BCUT2D eigenvalue weighted by atomic mass is 16.6. The van der Waals surface area contributed by atoms with Gasteiger partial charge in [-0.3, -0.25) is 9.89 Å². The summed E-state index contributed by atoms with van der Waals surface area (Å²) in [5.74, 6) is -0.126. The first kappa shape index (κ1) is 6.33. The number of esters is 1. The third-order valence-electron chi connectivity index (χ3n) is 1.60. The normalized spacial score (nSPS) is 22.5. The maximum atomic E-state index is 10.4. The molecule has 5 nitrogen and oxygen atoms in total. The number of nitrogens with one attached hydrogen (secondary N) is 1. The van der Waals surface area contributed by atoms with Gasteiger partial charge >= 0.3 is 5.97 Å². The molecule has 1 saturated heterocycles. The SMILES string of the molecule is O=C1CC(Cc2c[nH]nn2)O1. The minimum atomic E-state index is -0.126. The minimum absolute atomic E-state index is 0.0209. The molecule has 1 aliphatic heterocycles. The Morgan fingerprint density at radius 1 is 1.82 bits per heavy atom. The monoisotopic (exact) mass is 153 g/mol. The van der Waals surface area contributed by atoms with Crippen LogP contribution < -0.4 is 0 Å². The van der Waals surface area contributed by atoms with Gasteiger partial charge in [0.15, 0.2) is 0 Å². The van der Waals surface area contributed by atoms with Crippen LogP contribution in [0, 0.1) is 0 Å². The molecular formula is C6H7N3O2. The fraction of sp³-hybridized carbons (Fsp3) is 0.500. The van der Waals surface area contributed by atoms with Gasteiger partial charge in [-0.05, 0) is 0 Å². The number of cyclic esters (lactones) is 1. The molecule has 5 heteroatoms. The van der Waals surface area contributed by atoms with Crippen molar-refractivity contribution in [1.82, 2.24) is 15.4 Å². The van der Waals surface area contributed by atoms with Crippen molar-refractivity contribution in [2.45, 2.75) is 18.9 Å². The van der Waals surface area contributed by atoms with Gasteiger partial charge in [0, 0.05) is 12.6 Å². The van der Waals surface area contributed by atoms with Crippen molar-refractivity contribution < 1.29 is 9.53 Å². The Kier molecular flexibility index (Phi) is 1.34. The lowest BCUT2D eigenvalue weighted by Crippen LogP contribution is -2.34. The number of H-pyrrole nitrogens is 1. The van der Waals surface area contributed by atoms with E-state index >= 15 is 0 Å². The van der Waals surface area contributed by atoms with E-state index in [1.54, 1.807) is 6.20 Å². The Hall–Kier alpha value is -1.39. The molecule has 1 N–H and O–H groups in total. The summed E-state index contributed by atoms with van der Waals surface area (Å²) in [6.45, 7) is 0. The summed E-state index contributed by atoms with van der Waals surface area (Å²) < 4.78 is 4.79. The van der Waals surface area contributed by atoms with Crippen LogP contribution >= 0.6 is 0 Å². The van der Waals surface area contributed by atoms with E-state index in [0.717, 1.165) is 5.69 Å². The number of rotatable bonds is 2. The van der Waals surface area contributed by atoms with Crippen molar-refractivity contribution in [2.24, 2.45) is 0 Å². The quantitative estimate of drug-likeness (QED) is 0.590. The summed E-state index contributed by atoms with van der Waals surface area (Å²) in [6.07, 6.45) is 2.90. The third-order valence-corrected chi connectivity index (χ3v) is 1.60. The molecule has 1 aromatic heterocycles. The molecule has 1 atom stereocenters. The number of carbonyl (C=O) groups is 1. The van der Waals surface area contributed by atoms with Gasteiger partial charge in [0.2, 0.25) is 0 Å². The largest absolute Gasteiger partial charge is 0.461 e. The van der Waals surface area contributed by atoms with E-state index < -0.39 is 0 Å². The molecule has 1 fully saturated rings. The van der Waals surface area contributed by atoms with E-state index in [1.165, 1.54) is 0 Å². The number of aromatic nitrogens is 3. The van der Waals surface area contributed by atoms with Gasteiger partial charge in [-0.2, -0.15) is 0 Å². The zero-order valence-corrected chi connectivity index (χ0v) is 5.78. The van der Waals surface area contributed by atoms with Crippen molar-refractivity contribution in [1.29, 1.82) is 0 Å². The first-order valence-electron chi connectivity index (χ1n) is 3.39. The summed E-state index contributed by atoms with van der Waals surface area (Å²) >= 11 is 0. The number of hydrogen-bond donors (Lipinski definition) is 1. The highest BCUT2D eigenvalue weighted by Gasteiger charge is 2.28. The highest BCUT2D eigenvalue weighted by molar-refractivity contribution is 5.75. The lowest BCUT2D eigenvalue weighted by atomic mass is 10.1.